The lowest BCUT2D eigenvalue weighted by Gasteiger charge is -2.30. The summed E-state index contributed by atoms with van der Waals surface area (Å²) < 4.78 is 15.4. The maximum Gasteiger partial charge on any atom is 0.273 e. The molecule has 1 atom stereocenters. The van der Waals surface area contributed by atoms with Crippen LogP contribution in [0.4, 0.5) is 4.39 Å². The number of aliphatic hydroxyl groups excluding tert-OH is 1. The predicted molar refractivity (Wildman–Crippen MR) is 115 cm³/mol. The Morgan fingerprint density at radius 3 is 2.68 bits per heavy atom. The molecule has 3 N–H and O–H groups in total. The van der Waals surface area contributed by atoms with Crippen LogP contribution in [-0.4, -0.2) is 45.9 Å². The molecule has 2 amide bonds. The molecule has 2 aromatic rings. The zero-order valence-corrected chi connectivity index (χ0v) is 18.2. The van der Waals surface area contributed by atoms with Crippen LogP contribution in [0, 0.1) is 22.6 Å². The molecule has 0 saturated carbocycles. The molecule has 2 rings (SSSR count). The molecule has 0 bridgehead atoms. The number of halogens is 1. The predicted octanol–water partition coefficient (Wildman–Crippen LogP) is 2.51. The van der Waals surface area contributed by atoms with Gasteiger partial charge in [0.1, 0.15) is 11.9 Å². The summed E-state index contributed by atoms with van der Waals surface area (Å²) in [5.41, 5.74) is 0.0373. The molecule has 1 aromatic heterocycles. The molecule has 0 saturated heterocycles. The first-order valence-corrected chi connectivity index (χ1v) is 10.4. The average molecular weight is 432 g/mol. The van der Waals surface area contributed by atoms with Crippen LogP contribution in [0.5, 0.6) is 0 Å². The van der Waals surface area contributed by atoms with Crippen LogP contribution in [-0.2, 0) is 11.3 Å². The van der Waals surface area contributed by atoms with Crippen LogP contribution >= 0.6 is 0 Å². The molecule has 1 unspecified atom stereocenters. The van der Waals surface area contributed by atoms with Crippen LogP contribution in [0.15, 0.2) is 18.2 Å². The van der Waals surface area contributed by atoms with Crippen molar-refractivity contribution in [3.63, 3.8) is 0 Å². The average Bonchev–Trinajstić information content (AvgIpc) is 3.06. The Balaban J connectivity index is 2.29. The second-order valence-corrected chi connectivity index (χ2v) is 8.49. The number of aromatic nitrogens is 2. The molecule has 0 aliphatic carbocycles. The standard InChI is InChI=1S/C22H30FN5O3/c1-22(2,3)19(21(31)25-11-7-13-29)26-20(30)18-16-9-8-15(23)14-17(16)28(27-18)12-6-4-5-10-24/h8-9,14,19,29H,4-7,11-13H2,1-3H3,(H,25,31)(H,26,30). The summed E-state index contributed by atoms with van der Waals surface area (Å²) in [5, 5.41) is 28.0. The molecule has 0 spiro atoms. The van der Waals surface area contributed by atoms with Crippen molar-refractivity contribution in [2.75, 3.05) is 13.2 Å². The van der Waals surface area contributed by atoms with E-state index in [-0.39, 0.29) is 18.2 Å². The fourth-order valence-electron chi connectivity index (χ4n) is 3.22. The second kappa shape index (κ2) is 10.9. The highest BCUT2D eigenvalue weighted by atomic mass is 19.1. The molecule has 168 valence electrons. The van der Waals surface area contributed by atoms with Gasteiger partial charge in [-0.15, -0.1) is 0 Å². The molecule has 31 heavy (non-hydrogen) atoms. The van der Waals surface area contributed by atoms with Crippen molar-refractivity contribution in [2.24, 2.45) is 5.41 Å². The van der Waals surface area contributed by atoms with Gasteiger partial charge < -0.3 is 15.7 Å². The molecule has 1 heterocycles. The highest BCUT2D eigenvalue weighted by molar-refractivity contribution is 6.06. The van der Waals surface area contributed by atoms with Gasteiger partial charge in [-0.1, -0.05) is 20.8 Å². The van der Waals surface area contributed by atoms with Gasteiger partial charge in [0.2, 0.25) is 5.91 Å². The van der Waals surface area contributed by atoms with Gasteiger partial charge in [-0.3, -0.25) is 14.3 Å². The Hall–Kier alpha value is -2.99. The number of carbonyl (C=O) groups excluding carboxylic acids is 2. The number of carbonyl (C=O) groups is 2. The number of aliphatic hydroxyl groups is 1. The summed E-state index contributed by atoms with van der Waals surface area (Å²) in [4.78, 5) is 25.7. The largest absolute Gasteiger partial charge is 0.396 e. The number of hydrogen-bond donors (Lipinski definition) is 3. The van der Waals surface area contributed by atoms with E-state index in [1.807, 2.05) is 20.8 Å². The van der Waals surface area contributed by atoms with Gasteiger partial charge in [0.15, 0.2) is 5.69 Å². The van der Waals surface area contributed by atoms with Crippen molar-refractivity contribution in [3.05, 3.63) is 29.7 Å². The number of aryl methyl sites for hydroxylation is 1. The normalized spacial score (nSPS) is 12.4. The summed E-state index contributed by atoms with van der Waals surface area (Å²) in [7, 11) is 0. The summed E-state index contributed by atoms with van der Waals surface area (Å²) in [5.74, 6) is -1.31. The highest BCUT2D eigenvalue weighted by Crippen LogP contribution is 2.23. The lowest BCUT2D eigenvalue weighted by molar-refractivity contribution is -0.125. The van der Waals surface area contributed by atoms with Gasteiger partial charge in [0, 0.05) is 31.5 Å². The minimum atomic E-state index is -0.824. The number of amides is 2. The lowest BCUT2D eigenvalue weighted by Crippen LogP contribution is -2.53. The van der Waals surface area contributed by atoms with Crippen LogP contribution in [0.1, 0.15) is 56.9 Å². The SMILES string of the molecule is CC(C)(C)C(NC(=O)c1nn(CCCCC#N)c2cc(F)ccc12)C(=O)NCCCO. The number of benzene rings is 1. The fourth-order valence-corrected chi connectivity index (χ4v) is 3.22. The zero-order chi connectivity index (χ0) is 23.0. The topological polar surface area (TPSA) is 120 Å². The van der Waals surface area contributed by atoms with Crippen molar-refractivity contribution in [3.8, 4) is 6.07 Å². The van der Waals surface area contributed by atoms with E-state index in [0.29, 0.717) is 49.7 Å². The number of hydrogen-bond acceptors (Lipinski definition) is 5. The van der Waals surface area contributed by atoms with E-state index in [9.17, 15) is 14.0 Å². The highest BCUT2D eigenvalue weighted by Gasteiger charge is 2.33. The van der Waals surface area contributed by atoms with E-state index in [1.165, 1.54) is 18.2 Å². The number of nitrogens with one attached hydrogen (secondary N) is 2. The van der Waals surface area contributed by atoms with E-state index >= 15 is 0 Å². The Kier molecular flexibility index (Phi) is 8.51. The van der Waals surface area contributed by atoms with Crippen molar-refractivity contribution < 1.29 is 19.1 Å². The quantitative estimate of drug-likeness (QED) is 0.499. The molecule has 9 heteroatoms. The van der Waals surface area contributed by atoms with E-state index < -0.39 is 23.2 Å². The van der Waals surface area contributed by atoms with Gasteiger partial charge in [0.25, 0.3) is 5.91 Å². The maximum absolute atomic E-state index is 13.8. The third kappa shape index (κ3) is 6.49. The molecular formula is C22H30FN5O3. The number of nitrogens with zero attached hydrogens (tertiary/aromatic N) is 3. The monoisotopic (exact) mass is 431 g/mol. The molecule has 0 aliphatic heterocycles. The minimum absolute atomic E-state index is 0.0405. The summed E-state index contributed by atoms with van der Waals surface area (Å²) in [6.45, 7) is 6.22. The Labute approximate surface area is 181 Å². The van der Waals surface area contributed by atoms with Crippen LogP contribution in [0.3, 0.4) is 0 Å². The van der Waals surface area contributed by atoms with Crippen molar-refractivity contribution in [2.45, 2.75) is 59.0 Å². The van der Waals surface area contributed by atoms with E-state index in [0.717, 1.165) is 0 Å². The van der Waals surface area contributed by atoms with Gasteiger partial charge >= 0.3 is 0 Å². The maximum atomic E-state index is 13.8. The van der Waals surface area contributed by atoms with Crippen LogP contribution in [0.25, 0.3) is 10.9 Å². The van der Waals surface area contributed by atoms with Gasteiger partial charge in [-0.2, -0.15) is 10.4 Å². The molecule has 0 aliphatic rings. The third-order valence-corrected chi connectivity index (χ3v) is 4.88. The van der Waals surface area contributed by atoms with Gasteiger partial charge in [-0.05, 0) is 42.9 Å². The third-order valence-electron chi connectivity index (χ3n) is 4.88. The fraction of sp³-hybridized carbons (Fsp3) is 0.545. The summed E-state index contributed by atoms with van der Waals surface area (Å²) >= 11 is 0. The molecule has 0 fully saturated rings. The van der Waals surface area contributed by atoms with Crippen LogP contribution in [0.2, 0.25) is 0 Å². The van der Waals surface area contributed by atoms with Crippen LogP contribution < -0.4 is 10.6 Å². The first-order chi connectivity index (χ1) is 14.7. The molecule has 8 nitrogen and oxygen atoms in total. The number of unbranched alkanes of at least 4 members (excludes halogenated alkanes) is 2. The first kappa shape index (κ1) is 24.3. The molecule has 1 aromatic carbocycles. The first-order valence-electron chi connectivity index (χ1n) is 10.4. The van der Waals surface area contributed by atoms with E-state index in [2.05, 4.69) is 21.8 Å². The van der Waals surface area contributed by atoms with Crippen molar-refractivity contribution >= 4 is 22.7 Å². The zero-order valence-electron chi connectivity index (χ0n) is 18.2. The number of rotatable bonds is 10. The number of fused-ring (bicyclic) bond motifs is 1. The smallest absolute Gasteiger partial charge is 0.273 e. The molecule has 0 radical (unpaired) electrons. The summed E-state index contributed by atoms with van der Waals surface area (Å²) in [6, 6.07) is 5.36. The summed E-state index contributed by atoms with van der Waals surface area (Å²) in [6.07, 6.45) is 2.18. The number of nitriles is 1. The minimum Gasteiger partial charge on any atom is -0.396 e. The lowest BCUT2D eigenvalue weighted by atomic mass is 9.86. The van der Waals surface area contributed by atoms with Crippen molar-refractivity contribution in [1.29, 1.82) is 5.26 Å². The van der Waals surface area contributed by atoms with E-state index in [4.69, 9.17) is 10.4 Å². The Bertz CT molecular complexity index is 958. The van der Waals surface area contributed by atoms with Gasteiger partial charge in [-0.25, -0.2) is 4.39 Å². The Morgan fingerprint density at radius 2 is 2.03 bits per heavy atom. The second-order valence-electron chi connectivity index (χ2n) is 8.49. The van der Waals surface area contributed by atoms with Crippen molar-refractivity contribution in [1.82, 2.24) is 20.4 Å². The van der Waals surface area contributed by atoms with E-state index in [1.54, 1.807) is 4.68 Å². The Morgan fingerprint density at radius 1 is 1.29 bits per heavy atom. The van der Waals surface area contributed by atoms with Gasteiger partial charge in [0.05, 0.1) is 11.6 Å². The molecular weight excluding hydrogens is 401 g/mol.